The smallest absolute Gasteiger partial charge is 0.241 e. The SMILES string of the molecule is CC(C)C[C@@H](N)C(=O)Nc1ccccc1CO. The Bertz CT molecular complexity index is 377. The zero-order valence-corrected chi connectivity index (χ0v) is 10.3. The summed E-state index contributed by atoms with van der Waals surface area (Å²) >= 11 is 0. The lowest BCUT2D eigenvalue weighted by atomic mass is 10.0. The molecule has 0 aliphatic carbocycles. The minimum atomic E-state index is -0.512. The van der Waals surface area contributed by atoms with Crippen molar-refractivity contribution < 1.29 is 9.90 Å². The lowest BCUT2D eigenvalue weighted by Gasteiger charge is -2.15. The number of aliphatic hydroxyl groups excluding tert-OH is 1. The third kappa shape index (κ3) is 4.17. The fourth-order valence-electron chi connectivity index (χ4n) is 1.62. The molecule has 1 rings (SSSR count). The average Bonchev–Trinajstić information content (AvgIpc) is 2.28. The highest BCUT2D eigenvalue weighted by atomic mass is 16.3. The van der Waals surface area contributed by atoms with Crippen molar-refractivity contribution in [3.8, 4) is 0 Å². The van der Waals surface area contributed by atoms with Crippen LogP contribution in [0.15, 0.2) is 24.3 Å². The minimum Gasteiger partial charge on any atom is -0.392 e. The largest absolute Gasteiger partial charge is 0.392 e. The first-order valence-electron chi connectivity index (χ1n) is 5.79. The van der Waals surface area contributed by atoms with Crippen molar-refractivity contribution in [1.82, 2.24) is 0 Å². The molecule has 0 aromatic heterocycles. The van der Waals surface area contributed by atoms with Gasteiger partial charge in [-0.05, 0) is 18.4 Å². The van der Waals surface area contributed by atoms with Crippen LogP contribution in [0, 0.1) is 5.92 Å². The van der Waals surface area contributed by atoms with Gasteiger partial charge in [0.15, 0.2) is 0 Å². The number of nitrogens with two attached hydrogens (primary N) is 1. The lowest BCUT2D eigenvalue weighted by molar-refractivity contribution is -0.117. The van der Waals surface area contributed by atoms with Crippen LogP contribution in [0.5, 0.6) is 0 Å². The number of hydrogen-bond acceptors (Lipinski definition) is 3. The Kier molecular flexibility index (Phi) is 5.12. The summed E-state index contributed by atoms with van der Waals surface area (Å²) in [5.41, 5.74) is 7.10. The van der Waals surface area contributed by atoms with Crippen molar-refractivity contribution in [3.05, 3.63) is 29.8 Å². The second-order valence-corrected chi connectivity index (χ2v) is 4.54. The third-order valence-electron chi connectivity index (χ3n) is 2.51. The summed E-state index contributed by atoms with van der Waals surface area (Å²) in [5.74, 6) is 0.170. The van der Waals surface area contributed by atoms with Crippen molar-refractivity contribution >= 4 is 11.6 Å². The summed E-state index contributed by atoms with van der Waals surface area (Å²) in [6, 6.07) is 6.63. The van der Waals surface area contributed by atoms with Gasteiger partial charge < -0.3 is 16.2 Å². The molecule has 1 aromatic rings. The molecule has 0 aliphatic rings. The summed E-state index contributed by atoms with van der Waals surface area (Å²) in [7, 11) is 0. The predicted octanol–water partition coefficient (Wildman–Crippen LogP) is 1.49. The Morgan fingerprint density at radius 2 is 2.06 bits per heavy atom. The molecule has 0 saturated heterocycles. The van der Waals surface area contributed by atoms with Crippen LogP contribution < -0.4 is 11.1 Å². The first-order chi connectivity index (χ1) is 8.04. The van der Waals surface area contributed by atoms with E-state index in [0.717, 1.165) is 0 Å². The number of hydrogen-bond donors (Lipinski definition) is 3. The Hall–Kier alpha value is -1.39. The maximum absolute atomic E-state index is 11.8. The quantitative estimate of drug-likeness (QED) is 0.725. The van der Waals surface area contributed by atoms with E-state index in [-0.39, 0.29) is 12.5 Å². The fraction of sp³-hybridized carbons (Fsp3) is 0.462. The van der Waals surface area contributed by atoms with E-state index < -0.39 is 6.04 Å². The summed E-state index contributed by atoms with van der Waals surface area (Å²) < 4.78 is 0. The topological polar surface area (TPSA) is 75.4 Å². The van der Waals surface area contributed by atoms with Gasteiger partial charge in [0.05, 0.1) is 12.6 Å². The molecule has 4 N–H and O–H groups in total. The van der Waals surface area contributed by atoms with E-state index in [9.17, 15) is 4.79 Å². The van der Waals surface area contributed by atoms with E-state index in [2.05, 4.69) is 5.32 Å². The predicted molar refractivity (Wildman–Crippen MR) is 68.4 cm³/mol. The number of rotatable bonds is 5. The zero-order chi connectivity index (χ0) is 12.8. The summed E-state index contributed by atoms with van der Waals surface area (Å²) in [6.07, 6.45) is 0.646. The van der Waals surface area contributed by atoms with E-state index in [1.54, 1.807) is 12.1 Å². The number of carbonyl (C=O) groups excluding carboxylic acids is 1. The van der Waals surface area contributed by atoms with Crippen LogP contribution in [0.3, 0.4) is 0 Å². The molecule has 1 amide bonds. The normalized spacial score (nSPS) is 12.5. The van der Waals surface area contributed by atoms with E-state index in [0.29, 0.717) is 23.6 Å². The molecule has 0 fully saturated rings. The van der Waals surface area contributed by atoms with Gasteiger partial charge in [0.25, 0.3) is 0 Å². The molecule has 0 saturated carbocycles. The van der Waals surface area contributed by atoms with Crippen LogP contribution in [-0.4, -0.2) is 17.1 Å². The van der Waals surface area contributed by atoms with Crippen LogP contribution >= 0.6 is 0 Å². The second kappa shape index (κ2) is 6.37. The summed E-state index contributed by atoms with van der Waals surface area (Å²) in [4.78, 5) is 11.8. The van der Waals surface area contributed by atoms with Crippen molar-refractivity contribution in [2.75, 3.05) is 5.32 Å². The van der Waals surface area contributed by atoms with Crippen LogP contribution in [0.25, 0.3) is 0 Å². The van der Waals surface area contributed by atoms with Crippen molar-refractivity contribution in [3.63, 3.8) is 0 Å². The monoisotopic (exact) mass is 236 g/mol. The molecule has 0 heterocycles. The molecule has 0 unspecified atom stereocenters. The Balaban J connectivity index is 2.67. The van der Waals surface area contributed by atoms with Gasteiger partial charge in [-0.3, -0.25) is 4.79 Å². The molecule has 0 bridgehead atoms. The Labute approximate surface area is 102 Å². The van der Waals surface area contributed by atoms with Gasteiger partial charge >= 0.3 is 0 Å². The van der Waals surface area contributed by atoms with Gasteiger partial charge in [-0.25, -0.2) is 0 Å². The van der Waals surface area contributed by atoms with E-state index in [4.69, 9.17) is 10.8 Å². The third-order valence-corrected chi connectivity index (χ3v) is 2.51. The Morgan fingerprint density at radius 1 is 1.41 bits per heavy atom. The van der Waals surface area contributed by atoms with Gasteiger partial charge in [0.1, 0.15) is 0 Å². The molecule has 0 spiro atoms. The first kappa shape index (κ1) is 13.7. The van der Waals surface area contributed by atoms with E-state index in [1.807, 2.05) is 26.0 Å². The highest BCUT2D eigenvalue weighted by molar-refractivity contribution is 5.95. The van der Waals surface area contributed by atoms with Gasteiger partial charge in [-0.2, -0.15) is 0 Å². The van der Waals surface area contributed by atoms with Crippen LogP contribution in [0.1, 0.15) is 25.8 Å². The van der Waals surface area contributed by atoms with Gasteiger partial charge in [0, 0.05) is 11.3 Å². The highest BCUT2D eigenvalue weighted by Gasteiger charge is 2.15. The Morgan fingerprint density at radius 3 is 2.65 bits per heavy atom. The van der Waals surface area contributed by atoms with Crippen LogP contribution in [0.4, 0.5) is 5.69 Å². The van der Waals surface area contributed by atoms with Gasteiger partial charge in [-0.1, -0.05) is 32.0 Å². The number of nitrogens with one attached hydrogen (secondary N) is 1. The van der Waals surface area contributed by atoms with Gasteiger partial charge in [-0.15, -0.1) is 0 Å². The first-order valence-corrected chi connectivity index (χ1v) is 5.79. The molecule has 4 nitrogen and oxygen atoms in total. The maximum atomic E-state index is 11.8. The highest BCUT2D eigenvalue weighted by Crippen LogP contribution is 2.15. The van der Waals surface area contributed by atoms with Crippen molar-refractivity contribution in [1.29, 1.82) is 0 Å². The minimum absolute atomic E-state index is 0.101. The molecule has 1 aromatic carbocycles. The maximum Gasteiger partial charge on any atom is 0.241 e. The number of para-hydroxylation sites is 1. The molecule has 17 heavy (non-hydrogen) atoms. The lowest BCUT2D eigenvalue weighted by Crippen LogP contribution is -2.36. The summed E-state index contributed by atoms with van der Waals surface area (Å²) in [6.45, 7) is 3.94. The number of benzene rings is 1. The number of amides is 1. The number of anilines is 1. The molecule has 0 aliphatic heterocycles. The molecule has 4 heteroatoms. The van der Waals surface area contributed by atoms with E-state index in [1.165, 1.54) is 0 Å². The average molecular weight is 236 g/mol. The molecule has 0 radical (unpaired) electrons. The van der Waals surface area contributed by atoms with Crippen molar-refractivity contribution in [2.24, 2.45) is 11.7 Å². The number of aliphatic hydroxyl groups is 1. The van der Waals surface area contributed by atoms with Crippen LogP contribution in [0.2, 0.25) is 0 Å². The molecule has 1 atom stereocenters. The van der Waals surface area contributed by atoms with Crippen LogP contribution in [-0.2, 0) is 11.4 Å². The zero-order valence-electron chi connectivity index (χ0n) is 10.3. The van der Waals surface area contributed by atoms with Crippen molar-refractivity contribution in [2.45, 2.75) is 32.9 Å². The second-order valence-electron chi connectivity index (χ2n) is 4.54. The number of carbonyl (C=O) groups is 1. The summed E-state index contributed by atoms with van der Waals surface area (Å²) in [5, 5.41) is 11.9. The van der Waals surface area contributed by atoms with Gasteiger partial charge in [0.2, 0.25) is 5.91 Å². The molecular weight excluding hydrogens is 216 g/mol. The standard InChI is InChI=1S/C13H20N2O2/c1-9(2)7-11(14)13(17)15-12-6-4-3-5-10(12)8-16/h3-6,9,11,16H,7-8,14H2,1-2H3,(H,15,17)/t11-/m1/s1. The molecule has 94 valence electrons. The van der Waals surface area contributed by atoms with E-state index >= 15 is 0 Å². The fourth-order valence-corrected chi connectivity index (χ4v) is 1.62. The molecular formula is C13H20N2O2.